The number of benzene rings is 1. The van der Waals surface area contributed by atoms with E-state index in [4.69, 9.17) is 11.6 Å². The zero-order valence-electron chi connectivity index (χ0n) is 10.7. The van der Waals surface area contributed by atoms with E-state index in [0.717, 1.165) is 9.88 Å². The molecule has 106 valence electrons. The lowest BCUT2D eigenvalue weighted by molar-refractivity contribution is 0.262. The van der Waals surface area contributed by atoms with Crippen LogP contribution in [0, 0.1) is 0 Å². The van der Waals surface area contributed by atoms with Crippen LogP contribution < -0.4 is 10.6 Å². The summed E-state index contributed by atoms with van der Waals surface area (Å²) in [6.07, 6.45) is 0. The van der Waals surface area contributed by atoms with Crippen molar-refractivity contribution in [3.05, 3.63) is 52.2 Å². The molecule has 0 saturated carbocycles. The summed E-state index contributed by atoms with van der Waals surface area (Å²) < 4.78 is 0. The van der Waals surface area contributed by atoms with Crippen molar-refractivity contribution in [2.24, 2.45) is 0 Å². The van der Waals surface area contributed by atoms with Crippen molar-refractivity contribution in [1.82, 2.24) is 4.98 Å². The summed E-state index contributed by atoms with van der Waals surface area (Å²) in [7, 11) is 0. The molecule has 0 bridgehead atoms. The SMILES string of the molecule is O=C(Nc1csc(-c2cccs2)n1)Nc1ccccc1Cl. The molecular weight excluding hydrogens is 326 g/mol. The molecule has 1 aromatic carbocycles. The van der Waals surface area contributed by atoms with E-state index in [1.54, 1.807) is 41.0 Å². The standard InChI is InChI=1S/C14H10ClN3OS2/c15-9-4-1-2-5-10(9)16-14(19)18-12-8-21-13(17-12)11-6-3-7-20-11/h1-8H,(H2,16,18,19). The highest BCUT2D eigenvalue weighted by atomic mass is 35.5. The molecule has 0 fully saturated rings. The van der Waals surface area contributed by atoms with Crippen molar-refractivity contribution in [3.8, 4) is 9.88 Å². The maximum Gasteiger partial charge on any atom is 0.324 e. The second kappa shape index (κ2) is 6.26. The number of halogens is 1. The lowest BCUT2D eigenvalue weighted by Gasteiger charge is -2.06. The van der Waals surface area contributed by atoms with Gasteiger partial charge < -0.3 is 5.32 Å². The summed E-state index contributed by atoms with van der Waals surface area (Å²) >= 11 is 9.09. The number of nitrogens with one attached hydrogen (secondary N) is 2. The normalized spacial score (nSPS) is 10.3. The number of hydrogen-bond donors (Lipinski definition) is 2. The van der Waals surface area contributed by atoms with E-state index >= 15 is 0 Å². The van der Waals surface area contributed by atoms with Crippen molar-refractivity contribution in [1.29, 1.82) is 0 Å². The quantitative estimate of drug-likeness (QED) is 0.693. The van der Waals surface area contributed by atoms with Gasteiger partial charge in [0.2, 0.25) is 0 Å². The molecule has 3 rings (SSSR count). The van der Waals surface area contributed by atoms with Crippen molar-refractivity contribution in [2.75, 3.05) is 10.6 Å². The Bertz CT molecular complexity index is 755. The Morgan fingerprint density at radius 1 is 1.10 bits per heavy atom. The predicted octanol–water partition coefficient (Wildman–Crippen LogP) is 5.17. The highest BCUT2D eigenvalue weighted by Gasteiger charge is 2.09. The fourth-order valence-electron chi connectivity index (χ4n) is 1.68. The highest BCUT2D eigenvalue weighted by molar-refractivity contribution is 7.20. The molecule has 2 N–H and O–H groups in total. The summed E-state index contributed by atoms with van der Waals surface area (Å²) in [5, 5.41) is 10.6. The third kappa shape index (κ3) is 3.41. The Kier molecular flexibility index (Phi) is 4.19. The van der Waals surface area contributed by atoms with Crippen LogP contribution >= 0.6 is 34.3 Å². The van der Waals surface area contributed by atoms with E-state index in [1.807, 2.05) is 17.5 Å². The van der Waals surface area contributed by atoms with Crippen LogP contribution in [0.25, 0.3) is 9.88 Å². The Hall–Kier alpha value is -1.89. The number of nitrogens with zero attached hydrogens (tertiary/aromatic N) is 1. The number of urea groups is 1. The number of thiophene rings is 1. The molecule has 0 atom stereocenters. The van der Waals surface area contributed by atoms with E-state index in [0.29, 0.717) is 16.5 Å². The molecule has 0 aliphatic heterocycles. The average Bonchev–Trinajstić information content (AvgIpc) is 3.12. The first-order chi connectivity index (χ1) is 10.2. The van der Waals surface area contributed by atoms with Gasteiger partial charge in [0.1, 0.15) is 10.8 Å². The number of rotatable bonds is 3. The molecule has 0 radical (unpaired) electrons. The second-order valence-electron chi connectivity index (χ2n) is 4.07. The fraction of sp³-hybridized carbons (Fsp3) is 0. The molecule has 2 heterocycles. The Balaban J connectivity index is 1.67. The molecule has 0 aliphatic carbocycles. The second-order valence-corrected chi connectivity index (χ2v) is 6.29. The summed E-state index contributed by atoms with van der Waals surface area (Å²) in [4.78, 5) is 17.4. The van der Waals surface area contributed by atoms with Crippen LogP contribution in [0.3, 0.4) is 0 Å². The van der Waals surface area contributed by atoms with Crippen LogP contribution in [-0.2, 0) is 0 Å². The Morgan fingerprint density at radius 2 is 1.95 bits per heavy atom. The first-order valence-corrected chi connectivity index (χ1v) is 8.18. The van der Waals surface area contributed by atoms with E-state index in [-0.39, 0.29) is 6.03 Å². The lowest BCUT2D eigenvalue weighted by Crippen LogP contribution is -2.19. The zero-order chi connectivity index (χ0) is 14.7. The van der Waals surface area contributed by atoms with Gasteiger partial charge in [-0.3, -0.25) is 5.32 Å². The third-order valence-electron chi connectivity index (χ3n) is 2.60. The monoisotopic (exact) mass is 335 g/mol. The minimum absolute atomic E-state index is 0.369. The molecule has 4 nitrogen and oxygen atoms in total. The average molecular weight is 336 g/mol. The van der Waals surface area contributed by atoms with Crippen LogP contribution in [0.15, 0.2) is 47.2 Å². The van der Waals surface area contributed by atoms with Gasteiger partial charge in [0, 0.05) is 5.38 Å². The largest absolute Gasteiger partial charge is 0.324 e. The highest BCUT2D eigenvalue weighted by Crippen LogP contribution is 2.29. The Labute approximate surface area is 134 Å². The molecule has 21 heavy (non-hydrogen) atoms. The minimum Gasteiger partial charge on any atom is -0.306 e. The van der Waals surface area contributed by atoms with Gasteiger partial charge in [-0.2, -0.15) is 0 Å². The minimum atomic E-state index is -0.369. The summed E-state index contributed by atoms with van der Waals surface area (Å²) in [5.41, 5.74) is 0.561. The first-order valence-electron chi connectivity index (χ1n) is 6.04. The van der Waals surface area contributed by atoms with Crippen LogP contribution in [0.4, 0.5) is 16.3 Å². The third-order valence-corrected chi connectivity index (χ3v) is 4.81. The van der Waals surface area contributed by atoms with Crippen LogP contribution in [0.5, 0.6) is 0 Å². The van der Waals surface area contributed by atoms with Crippen molar-refractivity contribution in [3.63, 3.8) is 0 Å². The van der Waals surface area contributed by atoms with Gasteiger partial charge in [0.25, 0.3) is 0 Å². The zero-order valence-corrected chi connectivity index (χ0v) is 13.1. The maximum atomic E-state index is 11.9. The van der Waals surface area contributed by atoms with Crippen LogP contribution in [0.1, 0.15) is 0 Å². The van der Waals surface area contributed by atoms with Gasteiger partial charge >= 0.3 is 6.03 Å². The van der Waals surface area contributed by atoms with Gasteiger partial charge in [-0.05, 0) is 23.6 Å². The molecule has 2 aromatic heterocycles. The van der Waals surface area contributed by atoms with Crippen molar-refractivity contribution >= 4 is 51.8 Å². The van der Waals surface area contributed by atoms with Gasteiger partial charge in [0.05, 0.1) is 15.6 Å². The number of para-hydroxylation sites is 1. The maximum absolute atomic E-state index is 11.9. The molecule has 0 aliphatic rings. The first kappa shape index (κ1) is 14.1. The van der Waals surface area contributed by atoms with Crippen LogP contribution in [-0.4, -0.2) is 11.0 Å². The van der Waals surface area contributed by atoms with E-state index in [9.17, 15) is 4.79 Å². The van der Waals surface area contributed by atoms with Gasteiger partial charge in [-0.15, -0.1) is 22.7 Å². The molecule has 3 aromatic rings. The van der Waals surface area contributed by atoms with Crippen molar-refractivity contribution < 1.29 is 4.79 Å². The smallest absolute Gasteiger partial charge is 0.306 e. The Morgan fingerprint density at radius 3 is 2.71 bits per heavy atom. The van der Waals surface area contributed by atoms with Crippen molar-refractivity contribution in [2.45, 2.75) is 0 Å². The molecule has 0 spiro atoms. The number of carbonyl (C=O) groups excluding carboxylic acids is 1. The fourth-order valence-corrected chi connectivity index (χ4v) is 3.43. The van der Waals surface area contributed by atoms with Gasteiger partial charge in [-0.1, -0.05) is 29.8 Å². The summed E-state index contributed by atoms with van der Waals surface area (Å²) in [5.74, 6) is 0.521. The molecule has 0 saturated heterocycles. The van der Waals surface area contributed by atoms with Gasteiger partial charge in [-0.25, -0.2) is 9.78 Å². The summed E-state index contributed by atoms with van der Waals surface area (Å²) in [6, 6.07) is 10.7. The van der Waals surface area contributed by atoms with Gasteiger partial charge in [0.15, 0.2) is 0 Å². The number of thiazole rings is 1. The molecule has 2 amide bonds. The summed E-state index contributed by atoms with van der Waals surface area (Å²) in [6.45, 7) is 0. The molecular formula is C14H10ClN3OS2. The topological polar surface area (TPSA) is 54.0 Å². The number of amides is 2. The number of anilines is 2. The predicted molar refractivity (Wildman–Crippen MR) is 89.5 cm³/mol. The number of carbonyl (C=O) groups is 1. The number of aromatic nitrogens is 1. The molecule has 0 unspecified atom stereocenters. The van der Waals surface area contributed by atoms with Crippen LogP contribution in [0.2, 0.25) is 5.02 Å². The van der Waals surface area contributed by atoms with E-state index in [2.05, 4.69) is 15.6 Å². The van der Waals surface area contributed by atoms with E-state index in [1.165, 1.54) is 11.3 Å². The number of hydrogen-bond acceptors (Lipinski definition) is 4. The van der Waals surface area contributed by atoms with E-state index < -0.39 is 0 Å². The lowest BCUT2D eigenvalue weighted by atomic mass is 10.3. The molecule has 7 heteroatoms.